The molecule has 1 unspecified atom stereocenters. The van der Waals surface area contributed by atoms with Crippen LogP contribution >= 0.6 is 0 Å². The molecule has 0 radical (unpaired) electrons. The zero-order valence-corrected chi connectivity index (χ0v) is 11.6. The number of hydrogen-bond donors (Lipinski definition) is 0. The number of esters is 3. The van der Waals surface area contributed by atoms with Crippen molar-refractivity contribution < 1.29 is 23.9 Å². The summed E-state index contributed by atoms with van der Waals surface area (Å²) in [7, 11) is 0. The highest BCUT2D eigenvalue weighted by atomic mass is 16.6. The van der Waals surface area contributed by atoms with Crippen LogP contribution in [0.4, 0.5) is 0 Å². The molecule has 0 aromatic heterocycles. The molecule has 5 heteroatoms. The fraction of sp³-hybridized carbons (Fsp3) is 0.400. The van der Waals surface area contributed by atoms with Gasteiger partial charge in [-0.1, -0.05) is 37.3 Å². The first-order chi connectivity index (χ1) is 9.58. The van der Waals surface area contributed by atoms with Crippen LogP contribution < -0.4 is 0 Å². The Morgan fingerprint density at radius 3 is 2.25 bits per heavy atom. The zero-order valence-electron chi connectivity index (χ0n) is 11.6. The van der Waals surface area contributed by atoms with Crippen molar-refractivity contribution in [3.05, 3.63) is 35.9 Å². The van der Waals surface area contributed by atoms with Gasteiger partial charge >= 0.3 is 17.9 Å². The minimum atomic E-state index is -1.05. The van der Waals surface area contributed by atoms with Gasteiger partial charge in [0.25, 0.3) is 0 Å². The zero-order chi connectivity index (χ0) is 15.0. The molecule has 0 aliphatic rings. The summed E-state index contributed by atoms with van der Waals surface area (Å²) in [5.74, 6) is -3.24. The average Bonchev–Trinajstić information content (AvgIpc) is 2.40. The minimum Gasteiger partial charge on any atom is -0.465 e. The second-order valence-corrected chi connectivity index (χ2v) is 4.17. The van der Waals surface area contributed by atoms with Gasteiger partial charge in [-0.25, -0.2) is 0 Å². The van der Waals surface area contributed by atoms with Crippen molar-refractivity contribution in [1.29, 1.82) is 0 Å². The van der Waals surface area contributed by atoms with Gasteiger partial charge in [-0.15, -0.1) is 0 Å². The van der Waals surface area contributed by atoms with Gasteiger partial charge in [0.15, 0.2) is 5.92 Å². The van der Waals surface area contributed by atoms with E-state index in [0.29, 0.717) is 0 Å². The van der Waals surface area contributed by atoms with E-state index in [1.54, 1.807) is 38.1 Å². The average molecular weight is 278 g/mol. The van der Waals surface area contributed by atoms with Crippen LogP contribution in [0.1, 0.15) is 25.8 Å². The summed E-state index contributed by atoms with van der Waals surface area (Å²) in [4.78, 5) is 34.9. The van der Waals surface area contributed by atoms with Gasteiger partial charge in [0.1, 0.15) is 0 Å². The molecule has 1 aromatic carbocycles. The van der Waals surface area contributed by atoms with Gasteiger partial charge in [-0.05, 0) is 18.9 Å². The summed E-state index contributed by atoms with van der Waals surface area (Å²) >= 11 is 0. The Labute approximate surface area is 117 Å². The molecule has 20 heavy (non-hydrogen) atoms. The lowest BCUT2D eigenvalue weighted by Crippen LogP contribution is -2.29. The van der Waals surface area contributed by atoms with Crippen LogP contribution in [0.2, 0.25) is 0 Å². The van der Waals surface area contributed by atoms with Gasteiger partial charge in [-0.3, -0.25) is 14.4 Å². The Kier molecular flexibility index (Phi) is 6.43. The second-order valence-electron chi connectivity index (χ2n) is 4.17. The fourth-order valence-corrected chi connectivity index (χ4v) is 1.65. The Hall–Kier alpha value is -2.17. The Bertz CT molecular complexity index is 466. The number of benzene rings is 1. The standard InChI is InChI=1S/C15H18O5/c1-3-12(14(17)19-4-2)15(18)20-13(16)10-11-8-6-5-7-9-11/h5-9,12H,3-4,10H2,1-2H3. The third kappa shape index (κ3) is 4.84. The summed E-state index contributed by atoms with van der Waals surface area (Å²) < 4.78 is 9.46. The van der Waals surface area contributed by atoms with E-state index in [2.05, 4.69) is 0 Å². The number of rotatable bonds is 6. The van der Waals surface area contributed by atoms with E-state index in [1.807, 2.05) is 6.07 Å². The molecule has 108 valence electrons. The maximum absolute atomic E-state index is 11.7. The highest BCUT2D eigenvalue weighted by molar-refractivity contribution is 5.99. The first-order valence-corrected chi connectivity index (χ1v) is 6.53. The van der Waals surface area contributed by atoms with E-state index >= 15 is 0 Å². The summed E-state index contributed by atoms with van der Waals surface area (Å²) in [5.41, 5.74) is 0.745. The van der Waals surface area contributed by atoms with Crippen LogP contribution in [0.25, 0.3) is 0 Å². The third-order valence-corrected chi connectivity index (χ3v) is 2.67. The normalized spacial score (nSPS) is 11.5. The van der Waals surface area contributed by atoms with Crippen LogP contribution in [0.5, 0.6) is 0 Å². The van der Waals surface area contributed by atoms with Crippen LogP contribution in [0, 0.1) is 5.92 Å². The van der Waals surface area contributed by atoms with Gasteiger partial charge in [0.05, 0.1) is 13.0 Å². The summed E-state index contributed by atoms with van der Waals surface area (Å²) in [6.07, 6.45) is 0.224. The van der Waals surface area contributed by atoms with Gasteiger partial charge in [0, 0.05) is 0 Å². The predicted molar refractivity (Wildman–Crippen MR) is 71.7 cm³/mol. The fourth-order valence-electron chi connectivity index (χ4n) is 1.65. The van der Waals surface area contributed by atoms with Gasteiger partial charge < -0.3 is 9.47 Å². The lowest BCUT2D eigenvalue weighted by atomic mass is 10.1. The molecular formula is C15H18O5. The highest BCUT2D eigenvalue weighted by Crippen LogP contribution is 2.09. The van der Waals surface area contributed by atoms with Gasteiger partial charge in [-0.2, -0.15) is 0 Å². The smallest absolute Gasteiger partial charge is 0.327 e. The SMILES string of the molecule is CCOC(=O)C(CC)C(=O)OC(=O)Cc1ccccc1. The molecule has 0 bridgehead atoms. The molecule has 0 aliphatic carbocycles. The minimum absolute atomic E-state index is 0.00810. The molecule has 0 N–H and O–H groups in total. The van der Waals surface area contributed by atoms with E-state index in [9.17, 15) is 14.4 Å². The molecule has 0 aliphatic heterocycles. The molecular weight excluding hydrogens is 260 g/mol. The molecule has 1 rings (SSSR count). The lowest BCUT2D eigenvalue weighted by molar-refractivity contribution is -0.167. The van der Waals surface area contributed by atoms with E-state index < -0.39 is 23.8 Å². The lowest BCUT2D eigenvalue weighted by Gasteiger charge is -2.11. The molecule has 1 aromatic rings. The number of hydrogen-bond acceptors (Lipinski definition) is 5. The first kappa shape index (κ1) is 15.9. The van der Waals surface area contributed by atoms with E-state index in [1.165, 1.54) is 0 Å². The van der Waals surface area contributed by atoms with Crippen molar-refractivity contribution in [1.82, 2.24) is 0 Å². The van der Waals surface area contributed by atoms with Crippen LogP contribution in [-0.4, -0.2) is 24.5 Å². The Morgan fingerprint density at radius 1 is 1.05 bits per heavy atom. The van der Waals surface area contributed by atoms with Crippen LogP contribution in [-0.2, 0) is 30.3 Å². The monoisotopic (exact) mass is 278 g/mol. The molecule has 5 nitrogen and oxygen atoms in total. The summed E-state index contributed by atoms with van der Waals surface area (Å²) in [6.45, 7) is 3.49. The third-order valence-electron chi connectivity index (χ3n) is 2.67. The van der Waals surface area contributed by atoms with E-state index in [0.717, 1.165) is 5.56 Å². The topological polar surface area (TPSA) is 69.7 Å². The van der Waals surface area contributed by atoms with Crippen molar-refractivity contribution in [3.8, 4) is 0 Å². The van der Waals surface area contributed by atoms with Crippen molar-refractivity contribution >= 4 is 17.9 Å². The predicted octanol–water partition coefficient (Wildman–Crippen LogP) is 1.89. The maximum atomic E-state index is 11.7. The van der Waals surface area contributed by atoms with Crippen molar-refractivity contribution in [2.24, 2.45) is 5.92 Å². The molecule has 0 saturated carbocycles. The highest BCUT2D eigenvalue weighted by Gasteiger charge is 2.29. The molecule has 1 atom stereocenters. The first-order valence-electron chi connectivity index (χ1n) is 6.53. The number of carbonyl (C=O) groups excluding carboxylic acids is 3. The molecule has 0 saturated heterocycles. The molecule has 0 fully saturated rings. The van der Waals surface area contributed by atoms with E-state index in [4.69, 9.17) is 9.47 Å². The van der Waals surface area contributed by atoms with E-state index in [-0.39, 0.29) is 19.4 Å². The van der Waals surface area contributed by atoms with Crippen molar-refractivity contribution in [2.45, 2.75) is 26.7 Å². The molecule has 0 heterocycles. The van der Waals surface area contributed by atoms with Crippen molar-refractivity contribution in [2.75, 3.05) is 6.61 Å². The quantitative estimate of drug-likeness (QED) is 0.587. The number of ether oxygens (including phenoxy) is 2. The van der Waals surface area contributed by atoms with Crippen LogP contribution in [0.3, 0.4) is 0 Å². The van der Waals surface area contributed by atoms with Gasteiger partial charge in [0.2, 0.25) is 0 Å². The Morgan fingerprint density at radius 2 is 1.70 bits per heavy atom. The maximum Gasteiger partial charge on any atom is 0.327 e. The van der Waals surface area contributed by atoms with Crippen molar-refractivity contribution in [3.63, 3.8) is 0 Å². The summed E-state index contributed by atoms with van der Waals surface area (Å²) in [6, 6.07) is 8.92. The molecule has 0 spiro atoms. The summed E-state index contributed by atoms with van der Waals surface area (Å²) in [5, 5.41) is 0. The Balaban J connectivity index is 2.55. The largest absolute Gasteiger partial charge is 0.465 e. The van der Waals surface area contributed by atoms with Crippen LogP contribution in [0.15, 0.2) is 30.3 Å². The second kappa shape index (κ2) is 8.09. The molecule has 0 amide bonds. The number of carbonyl (C=O) groups is 3.